The van der Waals surface area contributed by atoms with E-state index < -0.39 is 0 Å². The number of benzene rings is 1. The Balaban J connectivity index is 2.93. The second-order valence-electron chi connectivity index (χ2n) is 4.81. The normalized spacial score (nSPS) is 14.1. The number of rotatable bonds is 4. The van der Waals surface area contributed by atoms with Crippen molar-refractivity contribution < 1.29 is 9.53 Å². The molecular weight excluding hydrogens is 228 g/mol. The molecule has 1 rings (SSSR count). The maximum absolute atomic E-state index is 11.7. The molecule has 1 aromatic carbocycles. The van der Waals surface area contributed by atoms with Gasteiger partial charge in [0.15, 0.2) is 0 Å². The van der Waals surface area contributed by atoms with Crippen LogP contribution < -0.4 is 0 Å². The zero-order chi connectivity index (χ0) is 13.7. The van der Waals surface area contributed by atoms with Crippen molar-refractivity contribution in [2.75, 3.05) is 28.2 Å². The van der Waals surface area contributed by atoms with Gasteiger partial charge in [0.1, 0.15) is 6.10 Å². The minimum Gasteiger partial charge on any atom is -0.440 e. The third-order valence-corrected chi connectivity index (χ3v) is 2.97. The van der Waals surface area contributed by atoms with Gasteiger partial charge in [-0.05, 0) is 26.6 Å². The van der Waals surface area contributed by atoms with Crippen molar-refractivity contribution in [3.05, 3.63) is 35.9 Å². The van der Waals surface area contributed by atoms with Crippen molar-refractivity contribution in [2.45, 2.75) is 19.1 Å². The molecule has 0 saturated carbocycles. The van der Waals surface area contributed by atoms with Crippen LogP contribution in [-0.4, -0.2) is 50.1 Å². The third kappa shape index (κ3) is 3.74. The molecule has 0 aromatic heterocycles. The summed E-state index contributed by atoms with van der Waals surface area (Å²) in [4.78, 5) is 15.2. The van der Waals surface area contributed by atoms with Crippen LogP contribution in [0.2, 0.25) is 0 Å². The van der Waals surface area contributed by atoms with Crippen LogP contribution >= 0.6 is 0 Å². The average Bonchev–Trinajstić information content (AvgIpc) is 2.35. The summed E-state index contributed by atoms with van der Waals surface area (Å²) in [6.45, 7) is 2.04. The molecule has 0 heterocycles. The Kier molecular flexibility index (Phi) is 5.16. The Hall–Kier alpha value is -1.55. The smallest absolute Gasteiger partial charge is 0.409 e. The van der Waals surface area contributed by atoms with E-state index in [0.29, 0.717) is 0 Å². The van der Waals surface area contributed by atoms with Gasteiger partial charge < -0.3 is 14.5 Å². The van der Waals surface area contributed by atoms with Crippen molar-refractivity contribution in [2.24, 2.45) is 0 Å². The Labute approximate surface area is 109 Å². The molecule has 1 aromatic rings. The lowest BCUT2D eigenvalue weighted by Crippen LogP contribution is -2.36. The van der Waals surface area contributed by atoms with Gasteiger partial charge in [-0.1, -0.05) is 30.3 Å². The quantitative estimate of drug-likeness (QED) is 0.822. The highest BCUT2D eigenvalue weighted by Crippen LogP contribution is 2.24. The highest BCUT2D eigenvalue weighted by atomic mass is 16.6. The molecule has 4 nitrogen and oxygen atoms in total. The minimum absolute atomic E-state index is 0.108. The molecule has 18 heavy (non-hydrogen) atoms. The molecule has 0 saturated heterocycles. The lowest BCUT2D eigenvalue weighted by Gasteiger charge is -2.30. The Bertz CT molecular complexity index is 377. The van der Waals surface area contributed by atoms with Crippen molar-refractivity contribution in [1.29, 1.82) is 0 Å². The summed E-state index contributed by atoms with van der Waals surface area (Å²) in [7, 11) is 7.32. The topological polar surface area (TPSA) is 32.8 Å². The van der Waals surface area contributed by atoms with Crippen LogP contribution in [0.5, 0.6) is 0 Å². The average molecular weight is 250 g/mol. The molecule has 0 spiro atoms. The number of carbonyl (C=O) groups excluding carboxylic acids is 1. The first-order valence-electron chi connectivity index (χ1n) is 6.02. The van der Waals surface area contributed by atoms with Gasteiger partial charge in [-0.3, -0.25) is 0 Å². The van der Waals surface area contributed by atoms with Gasteiger partial charge in [0, 0.05) is 20.1 Å². The maximum Gasteiger partial charge on any atom is 0.409 e. The van der Waals surface area contributed by atoms with Gasteiger partial charge in [0.25, 0.3) is 0 Å². The Morgan fingerprint density at radius 2 is 1.67 bits per heavy atom. The van der Waals surface area contributed by atoms with Gasteiger partial charge in [0.2, 0.25) is 0 Å². The van der Waals surface area contributed by atoms with Gasteiger partial charge in [-0.25, -0.2) is 4.79 Å². The summed E-state index contributed by atoms with van der Waals surface area (Å²) in [5, 5.41) is 0. The van der Waals surface area contributed by atoms with Crippen molar-refractivity contribution >= 4 is 6.09 Å². The zero-order valence-corrected chi connectivity index (χ0v) is 11.8. The number of hydrogen-bond donors (Lipinski definition) is 0. The number of nitrogens with zero attached hydrogens (tertiary/aromatic N) is 2. The maximum atomic E-state index is 11.7. The SMILES string of the molecule is CC(C(OC(=O)N(C)C)c1ccccc1)N(C)C. The Morgan fingerprint density at radius 1 is 1.11 bits per heavy atom. The second kappa shape index (κ2) is 6.40. The van der Waals surface area contributed by atoms with Crippen LogP contribution in [0.25, 0.3) is 0 Å². The Morgan fingerprint density at radius 3 is 2.11 bits per heavy atom. The first-order valence-corrected chi connectivity index (χ1v) is 6.02. The van der Waals surface area contributed by atoms with Crippen molar-refractivity contribution in [3.8, 4) is 0 Å². The first-order chi connectivity index (χ1) is 8.43. The molecule has 2 unspecified atom stereocenters. The van der Waals surface area contributed by atoms with Crippen LogP contribution in [0.15, 0.2) is 30.3 Å². The van der Waals surface area contributed by atoms with E-state index in [0.717, 1.165) is 5.56 Å². The standard InChI is InChI=1S/C14H22N2O2/c1-11(15(2)3)13(18-14(17)16(4)5)12-9-7-6-8-10-12/h6-11,13H,1-5H3. The lowest BCUT2D eigenvalue weighted by atomic mass is 10.0. The molecule has 1 amide bonds. The van der Waals surface area contributed by atoms with Gasteiger partial charge in [-0.15, -0.1) is 0 Å². The second-order valence-corrected chi connectivity index (χ2v) is 4.81. The summed E-state index contributed by atoms with van der Waals surface area (Å²) in [5.74, 6) is 0. The molecule has 0 aliphatic carbocycles. The molecule has 4 heteroatoms. The molecule has 0 aliphatic rings. The number of carbonyl (C=O) groups is 1. The molecule has 2 atom stereocenters. The van der Waals surface area contributed by atoms with Crippen LogP contribution in [0, 0.1) is 0 Å². The lowest BCUT2D eigenvalue weighted by molar-refractivity contribution is 0.0338. The van der Waals surface area contributed by atoms with E-state index in [1.54, 1.807) is 14.1 Å². The highest BCUT2D eigenvalue weighted by Gasteiger charge is 2.25. The van der Waals surface area contributed by atoms with Crippen LogP contribution in [-0.2, 0) is 4.74 Å². The van der Waals surface area contributed by atoms with E-state index in [4.69, 9.17) is 4.74 Å². The monoisotopic (exact) mass is 250 g/mol. The molecule has 0 radical (unpaired) electrons. The molecule has 0 aliphatic heterocycles. The fourth-order valence-corrected chi connectivity index (χ4v) is 1.57. The minimum atomic E-state index is -0.322. The van der Waals surface area contributed by atoms with E-state index in [-0.39, 0.29) is 18.2 Å². The third-order valence-electron chi connectivity index (χ3n) is 2.97. The van der Waals surface area contributed by atoms with E-state index in [1.165, 1.54) is 4.90 Å². The number of likely N-dealkylation sites (N-methyl/N-ethyl adjacent to an activating group) is 1. The van der Waals surface area contributed by atoms with Gasteiger partial charge in [-0.2, -0.15) is 0 Å². The summed E-state index contributed by atoms with van der Waals surface area (Å²) >= 11 is 0. The predicted molar refractivity (Wildman–Crippen MR) is 72.5 cm³/mol. The summed E-state index contributed by atoms with van der Waals surface area (Å²) < 4.78 is 5.57. The van der Waals surface area contributed by atoms with Crippen LogP contribution in [0.4, 0.5) is 4.79 Å². The molecule has 100 valence electrons. The summed E-state index contributed by atoms with van der Waals surface area (Å²) in [6, 6.07) is 9.93. The summed E-state index contributed by atoms with van der Waals surface area (Å²) in [5.41, 5.74) is 1.01. The largest absolute Gasteiger partial charge is 0.440 e. The predicted octanol–water partition coefficient (Wildman–Crippen LogP) is 2.38. The molecule has 0 bridgehead atoms. The number of hydrogen-bond acceptors (Lipinski definition) is 3. The van der Waals surface area contributed by atoms with Gasteiger partial charge in [0.05, 0.1) is 0 Å². The molecule has 0 fully saturated rings. The van der Waals surface area contributed by atoms with Crippen molar-refractivity contribution in [1.82, 2.24) is 9.80 Å². The molecule has 0 N–H and O–H groups in total. The fourth-order valence-electron chi connectivity index (χ4n) is 1.57. The van der Waals surface area contributed by atoms with Gasteiger partial charge >= 0.3 is 6.09 Å². The number of amides is 1. The number of ether oxygens (including phenoxy) is 1. The fraction of sp³-hybridized carbons (Fsp3) is 0.500. The first kappa shape index (κ1) is 14.5. The van der Waals surface area contributed by atoms with E-state index in [9.17, 15) is 4.79 Å². The zero-order valence-electron chi connectivity index (χ0n) is 11.8. The van der Waals surface area contributed by atoms with E-state index in [2.05, 4.69) is 0 Å². The van der Waals surface area contributed by atoms with E-state index in [1.807, 2.05) is 56.3 Å². The highest BCUT2D eigenvalue weighted by molar-refractivity contribution is 5.67. The van der Waals surface area contributed by atoms with Crippen molar-refractivity contribution in [3.63, 3.8) is 0 Å². The van der Waals surface area contributed by atoms with Crippen LogP contribution in [0.3, 0.4) is 0 Å². The molecular formula is C14H22N2O2. The van der Waals surface area contributed by atoms with Crippen LogP contribution in [0.1, 0.15) is 18.6 Å². The van der Waals surface area contributed by atoms with E-state index >= 15 is 0 Å². The summed E-state index contributed by atoms with van der Waals surface area (Å²) in [6.07, 6.45) is -0.589.